The summed E-state index contributed by atoms with van der Waals surface area (Å²) in [6.45, 7) is 4.84. The summed E-state index contributed by atoms with van der Waals surface area (Å²) in [4.78, 5) is 14.4. The van der Waals surface area contributed by atoms with Gasteiger partial charge >= 0.3 is 0 Å². The standard InChI is InChI=1S/C18H24F3N3O/c1-17(2,15(20)21)10-14(25)23-16-22-12-9-11(19)5-6-13(12)24(16)18(3)7-4-8-18/h5-6,9,15-16,22H,4,7-8,10H2,1-3H3,(H,23,25). The predicted octanol–water partition coefficient (Wildman–Crippen LogP) is 4.08. The molecular formula is C18H24F3N3O. The van der Waals surface area contributed by atoms with Gasteiger partial charge in [-0.15, -0.1) is 0 Å². The fraction of sp³-hybridized carbons (Fsp3) is 0.611. The molecule has 1 heterocycles. The normalized spacial score (nSPS) is 21.6. The van der Waals surface area contributed by atoms with E-state index >= 15 is 0 Å². The molecule has 1 amide bonds. The zero-order valence-corrected chi connectivity index (χ0v) is 14.7. The SMILES string of the molecule is CC(C)(CC(=O)NC1Nc2cc(F)ccc2N1C1(C)CCC1)C(F)F. The van der Waals surface area contributed by atoms with Gasteiger partial charge in [0.2, 0.25) is 12.3 Å². The van der Waals surface area contributed by atoms with Gasteiger partial charge in [-0.05, 0) is 44.4 Å². The molecule has 0 bridgehead atoms. The summed E-state index contributed by atoms with van der Waals surface area (Å²) in [5.41, 5.74) is -0.118. The minimum Gasteiger partial charge on any atom is -0.346 e. The van der Waals surface area contributed by atoms with Crippen molar-refractivity contribution in [1.82, 2.24) is 5.32 Å². The van der Waals surface area contributed by atoms with Crippen molar-refractivity contribution in [2.75, 3.05) is 10.2 Å². The van der Waals surface area contributed by atoms with Crippen molar-refractivity contribution in [3.63, 3.8) is 0 Å². The van der Waals surface area contributed by atoms with E-state index in [4.69, 9.17) is 0 Å². The maximum atomic E-state index is 13.6. The van der Waals surface area contributed by atoms with Gasteiger partial charge in [-0.2, -0.15) is 0 Å². The number of carbonyl (C=O) groups excluding carboxylic acids is 1. The maximum absolute atomic E-state index is 13.6. The summed E-state index contributed by atoms with van der Waals surface area (Å²) in [5.74, 6) is -0.820. The number of carbonyl (C=O) groups is 1. The van der Waals surface area contributed by atoms with E-state index in [2.05, 4.69) is 17.6 Å². The van der Waals surface area contributed by atoms with E-state index in [0.29, 0.717) is 5.69 Å². The molecule has 1 aromatic rings. The van der Waals surface area contributed by atoms with Crippen LogP contribution in [0, 0.1) is 11.2 Å². The molecule has 1 aliphatic carbocycles. The highest BCUT2D eigenvalue weighted by Gasteiger charge is 2.46. The highest BCUT2D eigenvalue weighted by atomic mass is 19.3. The predicted molar refractivity (Wildman–Crippen MR) is 91.1 cm³/mol. The van der Waals surface area contributed by atoms with Crippen LogP contribution in [0.2, 0.25) is 0 Å². The first-order valence-corrected chi connectivity index (χ1v) is 8.55. The van der Waals surface area contributed by atoms with E-state index in [-0.39, 0.29) is 17.8 Å². The molecular weight excluding hydrogens is 331 g/mol. The molecule has 0 saturated heterocycles. The molecule has 138 valence electrons. The first kappa shape index (κ1) is 17.9. The van der Waals surface area contributed by atoms with Crippen molar-refractivity contribution in [2.45, 2.75) is 64.7 Å². The molecule has 2 aliphatic rings. The number of halogens is 3. The van der Waals surface area contributed by atoms with Crippen LogP contribution >= 0.6 is 0 Å². The molecule has 0 spiro atoms. The fourth-order valence-electron chi connectivity index (χ4n) is 3.51. The first-order valence-electron chi connectivity index (χ1n) is 8.55. The van der Waals surface area contributed by atoms with Gasteiger partial charge in [-0.1, -0.05) is 13.8 Å². The summed E-state index contributed by atoms with van der Waals surface area (Å²) in [5, 5.41) is 5.91. The van der Waals surface area contributed by atoms with Gasteiger partial charge in [0.25, 0.3) is 0 Å². The second kappa shape index (κ2) is 6.11. The molecule has 7 heteroatoms. The lowest BCUT2D eigenvalue weighted by atomic mass is 9.77. The van der Waals surface area contributed by atoms with Gasteiger partial charge in [0.05, 0.1) is 11.4 Å². The number of anilines is 2. The van der Waals surface area contributed by atoms with Crippen LogP contribution in [-0.4, -0.2) is 24.2 Å². The summed E-state index contributed by atoms with van der Waals surface area (Å²) < 4.78 is 39.6. The van der Waals surface area contributed by atoms with E-state index in [1.165, 1.54) is 26.0 Å². The van der Waals surface area contributed by atoms with E-state index in [1.807, 2.05) is 4.90 Å². The molecule has 2 N–H and O–H groups in total. The van der Waals surface area contributed by atoms with Gasteiger partial charge in [-0.3, -0.25) is 4.79 Å². The van der Waals surface area contributed by atoms with Crippen molar-refractivity contribution >= 4 is 17.3 Å². The monoisotopic (exact) mass is 355 g/mol. The molecule has 1 atom stereocenters. The van der Waals surface area contributed by atoms with Crippen LogP contribution in [0.25, 0.3) is 0 Å². The number of fused-ring (bicyclic) bond motifs is 1. The topological polar surface area (TPSA) is 44.4 Å². The summed E-state index contributed by atoms with van der Waals surface area (Å²) in [6.07, 6.45) is -0.425. The number of benzene rings is 1. The number of hydrogen-bond donors (Lipinski definition) is 2. The van der Waals surface area contributed by atoms with E-state index < -0.39 is 24.0 Å². The summed E-state index contributed by atoms with van der Waals surface area (Å²) in [7, 11) is 0. The van der Waals surface area contributed by atoms with Crippen LogP contribution < -0.4 is 15.5 Å². The zero-order valence-electron chi connectivity index (χ0n) is 14.7. The lowest BCUT2D eigenvalue weighted by molar-refractivity contribution is -0.126. The van der Waals surface area contributed by atoms with Crippen molar-refractivity contribution in [1.29, 1.82) is 0 Å². The number of nitrogens with zero attached hydrogens (tertiary/aromatic N) is 1. The Kier molecular flexibility index (Phi) is 4.37. The third-order valence-electron chi connectivity index (χ3n) is 5.29. The molecule has 0 radical (unpaired) electrons. The molecule has 0 aromatic heterocycles. The highest BCUT2D eigenvalue weighted by Crippen LogP contribution is 2.46. The van der Waals surface area contributed by atoms with Gasteiger partial charge in [0.15, 0.2) is 6.29 Å². The van der Waals surface area contributed by atoms with Gasteiger partial charge in [0.1, 0.15) is 5.82 Å². The Balaban J connectivity index is 1.80. The lowest BCUT2D eigenvalue weighted by Gasteiger charge is -2.49. The van der Waals surface area contributed by atoms with E-state index in [9.17, 15) is 18.0 Å². The molecule has 1 fully saturated rings. The van der Waals surface area contributed by atoms with Gasteiger partial charge < -0.3 is 15.5 Å². The molecule has 1 saturated carbocycles. The average Bonchev–Trinajstić information content (AvgIpc) is 2.80. The van der Waals surface area contributed by atoms with Crippen LogP contribution in [0.4, 0.5) is 24.5 Å². The Morgan fingerprint density at radius 1 is 1.44 bits per heavy atom. The molecule has 1 aromatic carbocycles. The number of nitrogens with one attached hydrogen (secondary N) is 2. The van der Waals surface area contributed by atoms with Crippen molar-refractivity contribution in [3.8, 4) is 0 Å². The quantitative estimate of drug-likeness (QED) is 0.836. The van der Waals surface area contributed by atoms with Crippen molar-refractivity contribution < 1.29 is 18.0 Å². The molecule has 3 rings (SSSR count). The Labute approximate surface area is 145 Å². The smallest absolute Gasteiger partial charge is 0.244 e. The molecule has 1 unspecified atom stereocenters. The van der Waals surface area contributed by atoms with E-state index in [0.717, 1.165) is 24.9 Å². The number of amides is 1. The average molecular weight is 355 g/mol. The number of hydrogen-bond acceptors (Lipinski definition) is 3. The van der Waals surface area contributed by atoms with Gasteiger partial charge in [-0.25, -0.2) is 13.2 Å². The van der Waals surface area contributed by atoms with Crippen LogP contribution in [0.15, 0.2) is 18.2 Å². The number of alkyl halides is 2. The maximum Gasteiger partial charge on any atom is 0.244 e. The minimum absolute atomic E-state index is 0.147. The summed E-state index contributed by atoms with van der Waals surface area (Å²) in [6, 6.07) is 4.47. The lowest BCUT2D eigenvalue weighted by Crippen LogP contribution is -2.61. The first-order chi connectivity index (χ1) is 11.6. The minimum atomic E-state index is -2.58. The Bertz CT molecular complexity index is 674. The highest BCUT2D eigenvalue weighted by molar-refractivity contribution is 5.82. The third-order valence-corrected chi connectivity index (χ3v) is 5.29. The van der Waals surface area contributed by atoms with Crippen molar-refractivity contribution in [2.24, 2.45) is 5.41 Å². The largest absolute Gasteiger partial charge is 0.346 e. The van der Waals surface area contributed by atoms with E-state index in [1.54, 1.807) is 6.07 Å². The Morgan fingerprint density at radius 2 is 2.12 bits per heavy atom. The van der Waals surface area contributed by atoms with Crippen LogP contribution in [-0.2, 0) is 4.79 Å². The summed E-state index contributed by atoms with van der Waals surface area (Å²) >= 11 is 0. The van der Waals surface area contributed by atoms with Gasteiger partial charge in [0, 0.05) is 17.4 Å². The van der Waals surface area contributed by atoms with Crippen LogP contribution in [0.5, 0.6) is 0 Å². The van der Waals surface area contributed by atoms with Crippen LogP contribution in [0.3, 0.4) is 0 Å². The molecule has 25 heavy (non-hydrogen) atoms. The second-order valence-corrected chi connectivity index (χ2v) is 7.96. The Morgan fingerprint density at radius 3 is 2.68 bits per heavy atom. The molecule has 1 aliphatic heterocycles. The zero-order chi connectivity index (χ0) is 18.4. The third kappa shape index (κ3) is 3.28. The van der Waals surface area contributed by atoms with Crippen molar-refractivity contribution in [3.05, 3.63) is 24.0 Å². The Hall–Kier alpha value is -1.92. The molecule has 4 nitrogen and oxygen atoms in total. The fourth-order valence-corrected chi connectivity index (χ4v) is 3.51. The number of rotatable bonds is 5. The van der Waals surface area contributed by atoms with Crippen LogP contribution in [0.1, 0.15) is 46.5 Å². The second-order valence-electron chi connectivity index (χ2n) is 7.96.